The van der Waals surface area contributed by atoms with Crippen molar-refractivity contribution in [3.8, 4) is 5.88 Å². The summed E-state index contributed by atoms with van der Waals surface area (Å²) in [4.78, 5) is 28.8. The minimum absolute atomic E-state index is 0.0772. The molecule has 1 rings (SSSR count). The second-order valence-corrected chi connectivity index (χ2v) is 4.10. The van der Waals surface area contributed by atoms with Crippen LogP contribution in [-0.2, 0) is 4.79 Å². The molecule has 0 unspecified atom stereocenters. The number of hydrogen-bond donors (Lipinski definition) is 0. The number of nitrogens with zero attached hydrogens (tertiary/aromatic N) is 4. The fraction of sp³-hybridized carbons (Fsp3) is 0.455. The first-order chi connectivity index (χ1) is 8.86. The summed E-state index contributed by atoms with van der Waals surface area (Å²) in [5.41, 5.74) is -0.210. The summed E-state index contributed by atoms with van der Waals surface area (Å²) in [5, 5.41) is 10.7. The molecule has 0 aliphatic carbocycles. The van der Waals surface area contributed by atoms with E-state index in [1.165, 1.54) is 24.1 Å². The number of amides is 1. The minimum atomic E-state index is -0.569. The van der Waals surface area contributed by atoms with Crippen molar-refractivity contribution in [1.82, 2.24) is 9.88 Å². The molecular formula is C11H16N4O4. The van der Waals surface area contributed by atoms with E-state index in [4.69, 9.17) is 4.74 Å². The third-order valence-corrected chi connectivity index (χ3v) is 2.48. The minimum Gasteiger partial charge on any atom is -0.476 e. The van der Waals surface area contributed by atoms with E-state index in [0.29, 0.717) is 5.82 Å². The summed E-state index contributed by atoms with van der Waals surface area (Å²) >= 11 is 0. The van der Waals surface area contributed by atoms with Crippen LogP contribution in [0.1, 0.15) is 0 Å². The van der Waals surface area contributed by atoms with Gasteiger partial charge in [0, 0.05) is 27.2 Å². The summed E-state index contributed by atoms with van der Waals surface area (Å²) in [7, 11) is 6.29. The van der Waals surface area contributed by atoms with Gasteiger partial charge in [-0.3, -0.25) is 14.9 Å². The van der Waals surface area contributed by atoms with E-state index in [9.17, 15) is 14.9 Å². The molecule has 0 spiro atoms. The molecule has 0 radical (unpaired) electrons. The molecule has 0 bridgehead atoms. The SMILES string of the molecule is COc1nc(N(C)CC(=O)N(C)C)ccc1[N+](=O)[O-]. The Labute approximate surface area is 110 Å². The molecule has 8 heteroatoms. The first-order valence-electron chi connectivity index (χ1n) is 5.47. The average molecular weight is 268 g/mol. The van der Waals surface area contributed by atoms with Crippen molar-refractivity contribution in [2.24, 2.45) is 0 Å². The third-order valence-electron chi connectivity index (χ3n) is 2.48. The van der Waals surface area contributed by atoms with E-state index in [-0.39, 0.29) is 24.0 Å². The molecule has 0 fully saturated rings. The van der Waals surface area contributed by atoms with Crippen molar-refractivity contribution in [2.45, 2.75) is 0 Å². The van der Waals surface area contributed by atoms with Crippen LogP contribution in [0, 0.1) is 10.1 Å². The average Bonchev–Trinajstić information content (AvgIpc) is 2.37. The Hall–Kier alpha value is -2.38. The van der Waals surface area contributed by atoms with Gasteiger partial charge in [-0.1, -0.05) is 0 Å². The number of aromatic nitrogens is 1. The first-order valence-corrected chi connectivity index (χ1v) is 5.47. The van der Waals surface area contributed by atoms with Gasteiger partial charge in [0.15, 0.2) is 0 Å². The number of rotatable bonds is 5. The van der Waals surface area contributed by atoms with Gasteiger partial charge in [0.25, 0.3) is 5.88 Å². The highest BCUT2D eigenvalue weighted by molar-refractivity contribution is 5.80. The van der Waals surface area contributed by atoms with Crippen LogP contribution in [0.15, 0.2) is 12.1 Å². The van der Waals surface area contributed by atoms with Crippen LogP contribution in [0.4, 0.5) is 11.5 Å². The second-order valence-electron chi connectivity index (χ2n) is 4.10. The molecule has 1 aromatic heterocycles. The Kier molecular flexibility index (Phi) is 4.62. The van der Waals surface area contributed by atoms with Gasteiger partial charge in [-0.25, -0.2) is 0 Å². The Morgan fingerprint density at radius 1 is 1.42 bits per heavy atom. The van der Waals surface area contributed by atoms with E-state index in [2.05, 4.69) is 4.98 Å². The normalized spacial score (nSPS) is 9.89. The van der Waals surface area contributed by atoms with Crippen LogP contribution >= 0.6 is 0 Å². The topological polar surface area (TPSA) is 88.8 Å². The van der Waals surface area contributed by atoms with Crippen molar-refractivity contribution in [2.75, 3.05) is 39.7 Å². The molecule has 8 nitrogen and oxygen atoms in total. The van der Waals surface area contributed by atoms with Gasteiger partial charge in [-0.05, 0) is 6.07 Å². The molecule has 0 aromatic carbocycles. The van der Waals surface area contributed by atoms with Crippen molar-refractivity contribution < 1.29 is 14.5 Å². The van der Waals surface area contributed by atoms with E-state index < -0.39 is 4.92 Å². The fourth-order valence-corrected chi connectivity index (χ4v) is 1.35. The number of ether oxygens (including phenoxy) is 1. The van der Waals surface area contributed by atoms with Crippen LogP contribution in [-0.4, -0.2) is 55.5 Å². The van der Waals surface area contributed by atoms with Crippen molar-refractivity contribution in [3.63, 3.8) is 0 Å². The first kappa shape index (κ1) is 14.7. The predicted molar refractivity (Wildman–Crippen MR) is 69.4 cm³/mol. The summed E-state index contributed by atoms with van der Waals surface area (Å²) in [6.07, 6.45) is 0. The number of carbonyl (C=O) groups excluding carboxylic acids is 1. The summed E-state index contributed by atoms with van der Waals surface area (Å²) in [5.74, 6) is 0.255. The van der Waals surface area contributed by atoms with E-state index >= 15 is 0 Å². The molecule has 1 aromatic rings. The van der Waals surface area contributed by atoms with Crippen LogP contribution in [0.3, 0.4) is 0 Å². The van der Waals surface area contributed by atoms with Crippen LogP contribution in [0.25, 0.3) is 0 Å². The number of pyridine rings is 1. The maximum atomic E-state index is 11.6. The van der Waals surface area contributed by atoms with Gasteiger partial charge in [-0.2, -0.15) is 4.98 Å². The Morgan fingerprint density at radius 3 is 2.53 bits per heavy atom. The number of carbonyl (C=O) groups is 1. The van der Waals surface area contributed by atoms with E-state index in [1.54, 1.807) is 26.0 Å². The molecule has 0 atom stereocenters. The molecule has 0 N–H and O–H groups in total. The lowest BCUT2D eigenvalue weighted by Crippen LogP contribution is -2.34. The van der Waals surface area contributed by atoms with Crippen LogP contribution in [0.2, 0.25) is 0 Å². The quantitative estimate of drug-likeness (QED) is 0.571. The molecule has 19 heavy (non-hydrogen) atoms. The zero-order valence-electron chi connectivity index (χ0n) is 11.3. The molecule has 0 saturated heterocycles. The lowest BCUT2D eigenvalue weighted by molar-refractivity contribution is -0.386. The maximum absolute atomic E-state index is 11.6. The van der Waals surface area contributed by atoms with Gasteiger partial charge in [0.1, 0.15) is 5.82 Å². The van der Waals surface area contributed by atoms with Gasteiger partial charge in [0.2, 0.25) is 5.91 Å². The number of anilines is 1. The Bertz CT molecular complexity index is 490. The monoisotopic (exact) mass is 268 g/mol. The summed E-state index contributed by atoms with van der Waals surface area (Å²) in [6.45, 7) is 0.126. The van der Waals surface area contributed by atoms with Gasteiger partial charge >= 0.3 is 5.69 Å². The highest BCUT2D eigenvalue weighted by atomic mass is 16.6. The molecule has 0 aliphatic rings. The number of nitro groups is 1. The van der Waals surface area contributed by atoms with E-state index in [0.717, 1.165) is 0 Å². The fourth-order valence-electron chi connectivity index (χ4n) is 1.35. The van der Waals surface area contributed by atoms with Crippen molar-refractivity contribution in [1.29, 1.82) is 0 Å². The van der Waals surface area contributed by atoms with E-state index in [1.807, 2.05) is 0 Å². The molecule has 1 heterocycles. The van der Waals surface area contributed by atoms with Gasteiger partial charge < -0.3 is 14.5 Å². The lowest BCUT2D eigenvalue weighted by Gasteiger charge is -2.20. The molecule has 104 valence electrons. The Morgan fingerprint density at radius 2 is 2.05 bits per heavy atom. The van der Waals surface area contributed by atoms with Crippen LogP contribution < -0.4 is 9.64 Å². The zero-order chi connectivity index (χ0) is 14.6. The van der Waals surface area contributed by atoms with Crippen molar-refractivity contribution in [3.05, 3.63) is 22.2 Å². The molecule has 0 aliphatic heterocycles. The molecular weight excluding hydrogens is 252 g/mol. The number of likely N-dealkylation sites (N-methyl/N-ethyl adjacent to an activating group) is 2. The Balaban J connectivity index is 2.96. The van der Waals surface area contributed by atoms with Gasteiger partial charge in [-0.15, -0.1) is 0 Å². The number of methoxy groups -OCH3 is 1. The molecule has 0 saturated carbocycles. The highest BCUT2D eigenvalue weighted by Crippen LogP contribution is 2.26. The highest BCUT2D eigenvalue weighted by Gasteiger charge is 2.19. The smallest absolute Gasteiger partial charge is 0.331 e. The summed E-state index contributed by atoms with van der Waals surface area (Å²) in [6, 6.07) is 2.78. The van der Waals surface area contributed by atoms with Gasteiger partial charge in [0.05, 0.1) is 18.6 Å². The van der Waals surface area contributed by atoms with Crippen molar-refractivity contribution >= 4 is 17.4 Å². The third kappa shape index (κ3) is 3.54. The zero-order valence-corrected chi connectivity index (χ0v) is 11.3. The number of hydrogen-bond acceptors (Lipinski definition) is 6. The second kappa shape index (κ2) is 5.98. The largest absolute Gasteiger partial charge is 0.476 e. The standard InChI is InChI=1S/C11H16N4O4/c1-13(2)10(16)7-14(3)9-6-5-8(15(17)18)11(12-9)19-4/h5-6H,7H2,1-4H3. The maximum Gasteiger partial charge on any atom is 0.331 e. The summed E-state index contributed by atoms with van der Waals surface area (Å²) < 4.78 is 4.88. The lowest BCUT2D eigenvalue weighted by atomic mass is 10.3. The predicted octanol–water partition coefficient (Wildman–Crippen LogP) is 0.523. The molecule has 1 amide bonds. The van der Waals surface area contributed by atoms with Crippen LogP contribution in [0.5, 0.6) is 5.88 Å².